The summed E-state index contributed by atoms with van der Waals surface area (Å²) in [5, 5.41) is 4.66. The fourth-order valence-electron chi connectivity index (χ4n) is 1.66. The lowest BCUT2D eigenvalue weighted by Gasteiger charge is -2.10. The lowest BCUT2D eigenvalue weighted by Crippen LogP contribution is -2.00. The van der Waals surface area contributed by atoms with Crippen LogP contribution in [0.15, 0.2) is 40.9 Å². The fraction of sp³-hybridized carbons (Fsp3) is 0.143. The van der Waals surface area contributed by atoms with Gasteiger partial charge in [-0.2, -0.15) is 0 Å². The number of rotatable bonds is 4. The lowest BCUT2D eigenvalue weighted by atomic mass is 10.2. The molecule has 0 atom stereocenters. The normalized spacial score (nSPS) is 10.3. The fourth-order valence-corrected chi connectivity index (χ4v) is 2.51. The van der Waals surface area contributed by atoms with Gasteiger partial charge in [-0.15, -0.1) is 0 Å². The number of ether oxygens (including phenoxy) is 1. The molecule has 0 saturated carbocycles. The smallest absolute Gasteiger partial charge is 0.122 e. The quantitative estimate of drug-likeness (QED) is 0.790. The second-order valence-corrected chi connectivity index (χ2v) is 5.73. The van der Waals surface area contributed by atoms with Crippen LogP contribution < -0.4 is 10.1 Å². The van der Waals surface area contributed by atoms with Crippen LogP contribution in [0, 0.1) is 0 Å². The van der Waals surface area contributed by atoms with Crippen molar-refractivity contribution in [1.29, 1.82) is 0 Å². The largest absolute Gasteiger partial charge is 0.497 e. The Balaban J connectivity index is 2.14. The number of hydrogen-bond acceptors (Lipinski definition) is 2. The van der Waals surface area contributed by atoms with Gasteiger partial charge in [0.1, 0.15) is 5.75 Å². The minimum Gasteiger partial charge on any atom is -0.497 e. The van der Waals surface area contributed by atoms with Crippen molar-refractivity contribution in [2.75, 3.05) is 12.4 Å². The molecule has 2 nitrogen and oxygen atoms in total. The highest BCUT2D eigenvalue weighted by Crippen LogP contribution is 2.26. The molecule has 0 aliphatic carbocycles. The summed E-state index contributed by atoms with van der Waals surface area (Å²) in [6, 6.07) is 11.2. The first-order valence-corrected chi connectivity index (χ1v) is 7.16. The second-order valence-electron chi connectivity index (χ2n) is 3.97. The van der Waals surface area contributed by atoms with Gasteiger partial charge in [0.15, 0.2) is 0 Å². The molecule has 0 saturated heterocycles. The van der Waals surface area contributed by atoms with E-state index < -0.39 is 0 Å². The highest BCUT2D eigenvalue weighted by molar-refractivity contribution is 9.10. The molecule has 100 valence electrons. The number of methoxy groups -OCH3 is 1. The van der Waals surface area contributed by atoms with E-state index in [-0.39, 0.29) is 0 Å². The van der Waals surface area contributed by atoms with E-state index in [0.717, 1.165) is 21.5 Å². The Morgan fingerprint density at radius 1 is 1.16 bits per heavy atom. The molecule has 0 heterocycles. The van der Waals surface area contributed by atoms with E-state index in [1.165, 1.54) is 0 Å². The highest BCUT2D eigenvalue weighted by Gasteiger charge is 2.03. The number of halogens is 3. The van der Waals surface area contributed by atoms with Gasteiger partial charge in [0.05, 0.1) is 7.11 Å². The van der Waals surface area contributed by atoms with Crippen LogP contribution in [0.1, 0.15) is 5.56 Å². The van der Waals surface area contributed by atoms with E-state index in [0.29, 0.717) is 16.6 Å². The van der Waals surface area contributed by atoms with Crippen LogP contribution in [-0.4, -0.2) is 7.11 Å². The molecule has 19 heavy (non-hydrogen) atoms. The minimum absolute atomic E-state index is 0.596. The summed E-state index contributed by atoms with van der Waals surface area (Å²) < 4.78 is 6.16. The van der Waals surface area contributed by atoms with Gasteiger partial charge in [0.2, 0.25) is 0 Å². The van der Waals surface area contributed by atoms with Crippen molar-refractivity contribution in [3.63, 3.8) is 0 Å². The molecule has 5 heteroatoms. The first-order chi connectivity index (χ1) is 9.08. The zero-order valence-corrected chi connectivity index (χ0v) is 13.3. The van der Waals surface area contributed by atoms with Crippen molar-refractivity contribution >= 4 is 44.8 Å². The molecule has 0 bridgehead atoms. The summed E-state index contributed by atoms with van der Waals surface area (Å²) in [7, 11) is 1.64. The average molecular weight is 361 g/mol. The Morgan fingerprint density at radius 2 is 1.95 bits per heavy atom. The van der Waals surface area contributed by atoms with Crippen molar-refractivity contribution < 1.29 is 4.74 Å². The number of benzene rings is 2. The summed E-state index contributed by atoms with van der Waals surface area (Å²) in [6.45, 7) is 0.596. The maximum absolute atomic E-state index is 6.12. The minimum atomic E-state index is 0.596. The zero-order valence-electron chi connectivity index (χ0n) is 10.2. The standard InChI is InChI=1S/C14H12BrCl2NO/c1-19-13-6-10(15)5-12(7-13)18-8-9-4-11(16)2-3-14(9)17/h2-7,18H,8H2,1H3. The van der Waals surface area contributed by atoms with Gasteiger partial charge in [-0.25, -0.2) is 0 Å². The SMILES string of the molecule is COc1cc(Br)cc(NCc2cc(Cl)ccc2Cl)c1. The van der Waals surface area contributed by atoms with Gasteiger partial charge in [0.25, 0.3) is 0 Å². The summed E-state index contributed by atoms with van der Waals surface area (Å²) in [5.74, 6) is 0.786. The van der Waals surface area contributed by atoms with Crippen LogP contribution in [0.4, 0.5) is 5.69 Å². The van der Waals surface area contributed by atoms with Crippen LogP contribution >= 0.6 is 39.1 Å². The summed E-state index contributed by atoms with van der Waals surface area (Å²) in [6.07, 6.45) is 0. The third-order valence-electron chi connectivity index (χ3n) is 2.60. The lowest BCUT2D eigenvalue weighted by molar-refractivity contribution is 0.414. The van der Waals surface area contributed by atoms with Crippen molar-refractivity contribution in [2.24, 2.45) is 0 Å². The van der Waals surface area contributed by atoms with Crippen LogP contribution in [0.2, 0.25) is 10.0 Å². The molecule has 0 aromatic heterocycles. The number of anilines is 1. The third kappa shape index (κ3) is 4.03. The topological polar surface area (TPSA) is 21.3 Å². The predicted molar refractivity (Wildman–Crippen MR) is 84.5 cm³/mol. The van der Waals surface area contributed by atoms with Gasteiger partial charge in [-0.05, 0) is 35.9 Å². The van der Waals surface area contributed by atoms with E-state index in [4.69, 9.17) is 27.9 Å². The molecule has 0 fully saturated rings. The Hall–Kier alpha value is -0.900. The van der Waals surface area contributed by atoms with Crippen molar-refractivity contribution in [2.45, 2.75) is 6.54 Å². The number of hydrogen-bond donors (Lipinski definition) is 1. The van der Waals surface area contributed by atoms with E-state index in [2.05, 4.69) is 21.2 Å². The Labute approximate surface area is 130 Å². The molecule has 0 radical (unpaired) electrons. The van der Waals surface area contributed by atoms with E-state index in [9.17, 15) is 0 Å². The molecule has 0 aliphatic rings. The molecule has 1 N–H and O–H groups in total. The molecule has 2 rings (SSSR count). The predicted octanol–water partition coefficient (Wildman–Crippen LogP) is 5.38. The van der Waals surface area contributed by atoms with Crippen molar-refractivity contribution in [3.8, 4) is 5.75 Å². The van der Waals surface area contributed by atoms with E-state index >= 15 is 0 Å². The van der Waals surface area contributed by atoms with Crippen molar-refractivity contribution in [3.05, 3.63) is 56.5 Å². The highest BCUT2D eigenvalue weighted by atomic mass is 79.9. The zero-order chi connectivity index (χ0) is 13.8. The molecular formula is C14H12BrCl2NO. The van der Waals surface area contributed by atoms with Gasteiger partial charge in [0, 0.05) is 32.8 Å². The molecular weight excluding hydrogens is 349 g/mol. The Morgan fingerprint density at radius 3 is 2.68 bits per heavy atom. The average Bonchev–Trinajstić information content (AvgIpc) is 2.39. The van der Waals surface area contributed by atoms with E-state index in [1.807, 2.05) is 24.3 Å². The first kappa shape index (κ1) is 14.5. The maximum Gasteiger partial charge on any atom is 0.122 e. The van der Waals surface area contributed by atoms with E-state index in [1.54, 1.807) is 19.2 Å². The summed E-state index contributed by atoms with van der Waals surface area (Å²) in [5.41, 5.74) is 1.90. The molecule has 2 aromatic carbocycles. The summed E-state index contributed by atoms with van der Waals surface area (Å²) >= 11 is 15.5. The van der Waals surface area contributed by atoms with Gasteiger partial charge < -0.3 is 10.1 Å². The molecule has 0 spiro atoms. The van der Waals surface area contributed by atoms with Crippen molar-refractivity contribution in [1.82, 2.24) is 0 Å². The number of nitrogens with one attached hydrogen (secondary N) is 1. The van der Waals surface area contributed by atoms with Crippen LogP contribution in [0.5, 0.6) is 5.75 Å². The van der Waals surface area contributed by atoms with Gasteiger partial charge in [-0.1, -0.05) is 39.1 Å². The summed E-state index contributed by atoms with van der Waals surface area (Å²) in [4.78, 5) is 0. The molecule has 0 aliphatic heterocycles. The Bertz CT molecular complexity index is 590. The molecule has 2 aromatic rings. The third-order valence-corrected chi connectivity index (χ3v) is 3.66. The van der Waals surface area contributed by atoms with Crippen LogP contribution in [0.25, 0.3) is 0 Å². The first-order valence-electron chi connectivity index (χ1n) is 5.61. The monoisotopic (exact) mass is 359 g/mol. The maximum atomic E-state index is 6.12. The Kier molecular flexibility index (Phi) is 4.97. The van der Waals surface area contributed by atoms with Crippen LogP contribution in [-0.2, 0) is 6.54 Å². The second kappa shape index (κ2) is 6.51. The molecule has 0 unspecified atom stereocenters. The van der Waals surface area contributed by atoms with Gasteiger partial charge >= 0.3 is 0 Å². The molecule has 0 amide bonds. The van der Waals surface area contributed by atoms with Crippen LogP contribution in [0.3, 0.4) is 0 Å². The van der Waals surface area contributed by atoms with Gasteiger partial charge in [-0.3, -0.25) is 0 Å².